The molecule has 0 N–H and O–H groups in total. The number of rotatable bonds is 1. The highest BCUT2D eigenvalue weighted by molar-refractivity contribution is 5.60. The molecule has 16 heavy (non-hydrogen) atoms. The number of aryl methyl sites for hydroxylation is 3. The molecule has 1 aromatic rings. The van der Waals surface area contributed by atoms with Gasteiger partial charge in [0.15, 0.2) is 0 Å². The van der Waals surface area contributed by atoms with Crippen molar-refractivity contribution in [1.82, 2.24) is 0 Å². The van der Waals surface area contributed by atoms with Crippen molar-refractivity contribution in [3.63, 3.8) is 0 Å². The quantitative estimate of drug-likeness (QED) is 0.710. The van der Waals surface area contributed by atoms with Gasteiger partial charge in [-0.05, 0) is 44.7 Å². The minimum atomic E-state index is -0.345. The first kappa shape index (κ1) is 11.5. The zero-order chi connectivity index (χ0) is 11.7. The number of hydrogen-bond donors (Lipinski definition) is 0. The maximum atomic E-state index is 11.3. The van der Waals surface area contributed by atoms with E-state index in [4.69, 9.17) is 0 Å². The van der Waals surface area contributed by atoms with Crippen molar-refractivity contribution in [2.75, 3.05) is 18.0 Å². The number of nitrogens with zero attached hydrogens (tertiary/aromatic N) is 1. The van der Waals surface area contributed by atoms with Crippen molar-refractivity contribution in [3.05, 3.63) is 28.8 Å². The molecule has 0 saturated carbocycles. The van der Waals surface area contributed by atoms with Gasteiger partial charge in [0.25, 0.3) is 0 Å². The normalized spacial score (nSPS) is 17.9. The van der Waals surface area contributed by atoms with Crippen molar-refractivity contribution >= 4 is 5.69 Å². The summed E-state index contributed by atoms with van der Waals surface area (Å²) in [5.41, 5.74) is 5.33. The van der Waals surface area contributed by atoms with Gasteiger partial charge in [0.2, 0.25) is 0 Å². The van der Waals surface area contributed by atoms with Crippen molar-refractivity contribution in [2.45, 2.75) is 39.7 Å². The lowest BCUT2D eigenvalue weighted by Crippen LogP contribution is -2.36. The lowest BCUT2D eigenvalue weighted by atomic mass is 10.0. The lowest BCUT2D eigenvalue weighted by Gasteiger charge is -2.33. The van der Waals surface area contributed by atoms with Gasteiger partial charge in [0, 0.05) is 18.8 Å². The largest absolute Gasteiger partial charge is 0.371 e. The molecule has 2 rings (SSSR count). The Kier molecular flexibility index (Phi) is 3.20. The summed E-state index contributed by atoms with van der Waals surface area (Å²) in [5, 5.41) is 11.3. The molecule has 1 fully saturated rings. The van der Waals surface area contributed by atoms with E-state index in [2.05, 4.69) is 37.8 Å². The minimum absolute atomic E-state index is 0.345. The van der Waals surface area contributed by atoms with E-state index in [1.807, 2.05) is 0 Å². The first-order valence-corrected chi connectivity index (χ1v) is 6.06. The Labute approximate surface area is 97.9 Å². The summed E-state index contributed by atoms with van der Waals surface area (Å²) in [7, 11) is 0. The van der Waals surface area contributed by atoms with E-state index in [0.717, 1.165) is 25.9 Å². The molecule has 1 aliphatic heterocycles. The van der Waals surface area contributed by atoms with Crippen LogP contribution in [0.1, 0.15) is 29.5 Å². The van der Waals surface area contributed by atoms with Crippen molar-refractivity contribution in [2.24, 2.45) is 0 Å². The Hall–Kier alpha value is -1.02. The Bertz CT molecular complexity index is 355. The third-order valence-corrected chi connectivity index (χ3v) is 3.39. The monoisotopic (exact) mass is 218 g/mol. The van der Waals surface area contributed by atoms with Gasteiger partial charge in [-0.2, -0.15) is 0 Å². The van der Waals surface area contributed by atoms with Crippen LogP contribution in [0.2, 0.25) is 0 Å². The third-order valence-electron chi connectivity index (χ3n) is 3.39. The summed E-state index contributed by atoms with van der Waals surface area (Å²) in [6.07, 6.45) is 1.22. The van der Waals surface area contributed by atoms with Gasteiger partial charge in [-0.1, -0.05) is 17.7 Å². The minimum Gasteiger partial charge on any atom is -0.371 e. The second-order valence-electron chi connectivity index (χ2n) is 4.93. The molecule has 2 nitrogen and oxygen atoms in total. The van der Waals surface area contributed by atoms with E-state index in [0.29, 0.717) is 0 Å². The van der Waals surface area contributed by atoms with Gasteiger partial charge in [0.05, 0.1) is 6.10 Å². The van der Waals surface area contributed by atoms with Crippen molar-refractivity contribution in [1.29, 1.82) is 0 Å². The van der Waals surface area contributed by atoms with Crippen LogP contribution in [0.5, 0.6) is 0 Å². The van der Waals surface area contributed by atoms with Crippen molar-refractivity contribution < 1.29 is 5.11 Å². The molecule has 0 spiro atoms. The molecule has 0 unspecified atom stereocenters. The highest BCUT2D eigenvalue weighted by Crippen LogP contribution is 2.28. The molecule has 1 aliphatic rings. The van der Waals surface area contributed by atoms with E-state index in [-0.39, 0.29) is 6.10 Å². The van der Waals surface area contributed by atoms with E-state index in [1.54, 1.807) is 0 Å². The first-order chi connectivity index (χ1) is 7.58. The zero-order valence-electron chi connectivity index (χ0n) is 10.4. The standard InChI is InChI=1S/C14H20NO/c1-10-8-11(2)14(12(3)9-10)15-6-4-13(16)5-7-15/h8-9,13H,4-7H2,1-3H3. The summed E-state index contributed by atoms with van der Waals surface area (Å²) in [5.74, 6) is 0. The molecule has 0 bridgehead atoms. The zero-order valence-corrected chi connectivity index (χ0v) is 10.4. The number of piperidine rings is 1. The highest BCUT2D eigenvalue weighted by Gasteiger charge is 2.20. The van der Waals surface area contributed by atoms with Crippen LogP contribution < -0.4 is 4.90 Å². The van der Waals surface area contributed by atoms with Crippen LogP contribution in [-0.4, -0.2) is 19.2 Å². The highest BCUT2D eigenvalue weighted by atomic mass is 16.3. The maximum Gasteiger partial charge on any atom is 0.0963 e. The maximum absolute atomic E-state index is 11.3. The SMILES string of the molecule is Cc1cc(C)c(N2CCC([O])CC2)c(C)c1. The molecule has 0 aromatic heterocycles. The lowest BCUT2D eigenvalue weighted by molar-refractivity contribution is 0.0675. The fourth-order valence-electron chi connectivity index (χ4n) is 2.75. The Morgan fingerprint density at radius 1 is 1.06 bits per heavy atom. The molecule has 0 aliphatic carbocycles. The van der Waals surface area contributed by atoms with Gasteiger partial charge >= 0.3 is 0 Å². The molecule has 1 saturated heterocycles. The topological polar surface area (TPSA) is 23.1 Å². The molecule has 0 atom stereocenters. The van der Waals surface area contributed by atoms with E-state index in [1.165, 1.54) is 22.4 Å². The number of anilines is 1. The first-order valence-electron chi connectivity index (χ1n) is 6.06. The van der Waals surface area contributed by atoms with Gasteiger partial charge in [-0.15, -0.1) is 0 Å². The molecule has 2 heteroatoms. The average molecular weight is 218 g/mol. The second-order valence-corrected chi connectivity index (χ2v) is 4.93. The molecular formula is C14H20NO. The van der Waals surface area contributed by atoms with Crippen LogP contribution in [0.25, 0.3) is 0 Å². The van der Waals surface area contributed by atoms with Crippen LogP contribution in [-0.2, 0) is 5.11 Å². The molecule has 87 valence electrons. The summed E-state index contributed by atoms with van der Waals surface area (Å²) in [6, 6.07) is 4.46. The molecule has 1 heterocycles. The van der Waals surface area contributed by atoms with Gasteiger partial charge in [0.1, 0.15) is 0 Å². The van der Waals surface area contributed by atoms with Crippen LogP contribution >= 0.6 is 0 Å². The molecule has 0 amide bonds. The summed E-state index contributed by atoms with van der Waals surface area (Å²) < 4.78 is 0. The van der Waals surface area contributed by atoms with Gasteiger partial charge in [-0.25, -0.2) is 5.11 Å². The van der Waals surface area contributed by atoms with Crippen LogP contribution in [0.3, 0.4) is 0 Å². The Morgan fingerprint density at radius 3 is 2.06 bits per heavy atom. The van der Waals surface area contributed by atoms with E-state index in [9.17, 15) is 5.11 Å². The molecule has 1 radical (unpaired) electrons. The van der Waals surface area contributed by atoms with Crippen LogP contribution in [0, 0.1) is 20.8 Å². The van der Waals surface area contributed by atoms with Crippen molar-refractivity contribution in [3.8, 4) is 0 Å². The summed E-state index contributed by atoms with van der Waals surface area (Å²) in [6.45, 7) is 8.29. The number of hydrogen-bond acceptors (Lipinski definition) is 1. The smallest absolute Gasteiger partial charge is 0.0963 e. The second kappa shape index (κ2) is 4.46. The summed E-state index contributed by atoms with van der Waals surface area (Å²) in [4.78, 5) is 2.37. The fourth-order valence-corrected chi connectivity index (χ4v) is 2.75. The Morgan fingerprint density at radius 2 is 1.56 bits per heavy atom. The summed E-state index contributed by atoms with van der Waals surface area (Å²) >= 11 is 0. The fraction of sp³-hybridized carbons (Fsp3) is 0.571. The predicted octanol–water partition coefficient (Wildman–Crippen LogP) is 3.01. The number of benzene rings is 1. The Balaban J connectivity index is 2.26. The average Bonchev–Trinajstić information content (AvgIpc) is 2.19. The van der Waals surface area contributed by atoms with Crippen LogP contribution in [0.4, 0.5) is 5.69 Å². The predicted molar refractivity (Wildman–Crippen MR) is 66.6 cm³/mol. The van der Waals surface area contributed by atoms with Gasteiger partial charge < -0.3 is 4.90 Å². The van der Waals surface area contributed by atoms with E-state index < -0.39 is 0 Å². The molecule has 1 aromatic carbocycles. The van der Waals surface area contributed by atoms with E-state index >= 15 is 0 Å². The van der Waals surface area contributed by atoms with Crippen LogP contribution in [0.15, 0.2) is 12.1 Å². The third kappa shape index (κ3) is 2.22. The van der Waals surface area contributed by atoms with Gasteiger partial charge in [-0.3, -0.25) is 0 Å². The molecular weight excluding hydrogens is 198 g/mol.